The molecule has 1 nitrogen and oxygen atoms in total. The highest BCUT2D eigenvalue weighted by Crippen LogP contribution is 2.51. The third kappa shape index (κ3) is 2.85. The first-order chi connectivity index (χ1) is 8.99. The van der Waals surface area contributed by atoms with E-state index in [1.165, 1.54) is 31.3 Å². The predicted molar refractivity (Wildman–Crippen MR) is 85.6 cm³/mol. The van der Waals surface area contributed by atoms with E-state index in [1.54, 1.807) is 5.19 Å². The minimum Gasteiger partial charge on any atom is -0.392 e. The minimum absolute atomic E-state index is 0.193. The van der Waals surface area contributed by atoms with Crippen LogP contribution in [0.2, 0.25) is 18.1 Å². The number of allylic oxidation sites excluding steroid dienone is 1. The predicted octanol–water partition coefficient (Wildman–Crippen LogP) is 3.86. The fourth-order valence-electron chi connectivity index (χ4n) is 3.42. The zero-order chi connectivity index (χ0) is 13.9. The van der Waals surface area contributed by atoms with Gasteiger partial charge in [-0.2, -0.15) is 0 Å². The highest BCUT2D eigenvalue weighted by atomic mass is 28.3. The molecule has 0 saturated heterocycles. The fraction of sp³-hybridized carbons (Fsp3) is 0.529. The summed E-state index contributed by atoms with van der Waals surface area (Å²) in [6, 6.07) is 11.1. The van der Waals surface area contributed by atoms with Crippen molar-refractivity contribution in [1.29, 1.82) is 0 Å². The van der Waals surface area contributed by atoms with Crippen molar-refractivity contribution in [1.82, 2.24) is 0 Å². The number of hydrogen-bond acceptors (Lipinski definition) is 1. The molecule has 0 heterocycles. The molecule has 1 atom stereocenters. The van der Waals surface area contributed by atoms with Crippen molar-refractivity contribution in [3.63, 3.8) is 0 Å². The molecule has 104 valence electrons. The third-order valence-corrected chi connectivity index (χ3v) is 10.4. The number of aliphatic hydroxyl groups excluding tert-OH is 1. The number of hydrogen-bond donors (Lipinski definition) is 1. The normalized spacial score (nSPS) is 26.6. The van der Waals surface area contributed by atoms with Crippen LogP contribution < -0.4 is 5.19 Å². The second-order valence-corrected chi connectivity index (χ2v) is 11.7. The standard InChI is InChI=1S/C17H26OSi/c1-17(12-7-8-15(14-17)11-13-18)19(2,3)16-9-5-4-6-10-16/h4-6,9-11,18H,7-8,12-14H2,1-3H3/b15-11+. The number of aliphatic hydroxyl groups is 1. The lowest BCUT2D eigenvalue weighted by atomic mass is 9.85. The van der Waals surface area contributed by atoms with E-state index >= 15 is 0 Å². The van der Waals surface area contributed by atoms with Gasteiger partial charge in [-0.1, -0.05) is 67.2 Å². The maximum atomic E-state index is 9.14. The second kappa shape index (κ2) is 5.64. The van der Waals surface area contributed by atoms with E-state index in [9.17, 15) is 0 Å². The van der Waals surface area contributed by atoms with E-state index < -0.39 is 8.07 Å². The Morgan fingerprint density at radius 1 is 1.26 bits per heavy atom. The zero-order valence-electron chi connectivity index (χ0n) is 12.4. The first-order valence-electron chi connectivity index (χ1n) is 7.34. The molecule has 0 aromatic heterocycles. The Morgan fingerprint density at radius 2 is 1.95 bits per heavy atom. The van der Waals surface area contributed by atoms with Gasteiger partial charge in [-0.3, -0.25) is 0 Å². The molecule has 2 rings (SSSR count). The molecule has 0 spiro atoms. The van der Waals surface area contributed by atoms with E-state index in [2.05, 4.69) is 50.3 Å². The molecule has 1 aromatic rings. The SMILES string of the molecule is CC1([Si](C)(C)c2ccccc2)CCC/C(=C\CO)C1. The van der Waals surface area contributed by atoms with Crippen LogP contribution in [0.5, 0.6) is 0 Å². The monoisotopic (exact) mass is 274 g/mol. The van der Waals surface area contributed by atoms with Gasteiger partial charge in [-0.05, 0) is 30.7 Å². The maximum absolute atomic E-state index is 9.14. The van der Waals surface area contributed by atoms with Crippen LogP contribution in [0.4, 0.5) is 0 Å². The van der Waals surface area contributed by atoms with Crippen molar-refractivity contribution in [2.45, 2.75) is 50.7 Å². The number of benzene rings is 1. The lowest BCUT2D eigenvalue weighted by Gasteiger charge is -2.47. The van der Waals surface area contributed by atoms with Crippen LogP contribution in [0, 0.1) is 0 Å². The van der Waals surface area contributed by atoms with Gasteiger partial charge in [0, 0.05) is 0 Å². The van der Waals surface area contributed by atoms with E-state index in [-0.39, 0.29) is 6.61 Å². The van der Waals surface area contributed by atoms with Gasteiger partial charge in [0.15, 0.2) is 0 Å². The Balaban J connectivity index is 2.30. The van der Waals surface area contributed by atoms with Crippen LogP contribution in [0.15, 0.2) is 42.0 Å². The van der Waals surface area contributed by atoms with Crippen LogP contribution in [0.25, 0.3) is 0 Å². The molecule has 1 fully saturated rings. The molecular formula is C17H26OSi. The molecule has 0 bridgehead atoms. The Hall–Kier alpha value is -0.863. The molecule has 1 saturated carbocycles. The van der Waals surface area contributed by atoms with Gasteiger partial charge >= 0.3 is 0 Å². The van der Waals surface area contributed by atoms with E-state index in [0.717, 1.165) is 0 Å². The Bertz CT molecular complexity index is 450. The highest BCUT2D eigenvalue weighted by molar-refractivity contribution is 6.92. The van der Waals surface area contributed by atoms with Gasteiger partial charge in [-0.25, -0.2) is 0 Å². The van der Waals surface area contributed by atoms with E-state index in [4.69, 9.17) is 5.11 Å². The average Bonchev–Trinajstić information content (AvgIpc) is 2.40. The van der Waals surface area contributed by atoms with E-state index in [0.29, 0.717) is 5.04 Å². The molecule has 0 aliphatic heterocycles. The van der Waals surface area contributed by atoms with Crippen molar-refractivity contribution in [2.75, 3.05) is 6.61 Å². The van der Waals surface area contributed by atoms with Crippen LogP contribution in [0.3, 0.4) is 0 Å². The molecule has 0 radical (unpaired) electrons. The number of rotatable bonds is 3. The zero-order valence-corrected chi connectivity index (χ0v) is 13.4. The van der Waals surface area contributed by atoms with E-state index in [1.807, 2.05) is 6.08 Å². The first kappa shape index (κ1) is 14.5. The van der Waals surface area contributed by atoms with Crippen LogP contribution in [-0.4, -0.2) is 19.8 Å². The average molecular weight is 274 g/mol. The summed E-state index contributed by atoms with van der Waals surface area (Å²) in [7, 11) is -1.50. The highest BCUT2D eigenvalue weighted by Gasteiger charge is 2.45. The van der Waals surface area contributed by atoms with Crippen molar-refractivity contribution >= 4 is 13.3 Å². The molecule has 1 aliphatic rings. The molecule has 2 heteroatoms. The largest absolute Gasteiger partial charge is 0.392 e. The summed E-state index contributed by atoms with van der Waals surface area (Å²) < 4.78 is 0. The lowest BCUT2D eigenvalue weighted by Crippen LogP contribution is -2.52. The van der Waals surface area contributed by atoms with Crippen LogP contribution in [0.1, 0.15) is 32.6 Å². The Kier molecular flexibility index (Phi) is 4.31. The van der Waals surface area contributed by atoms with Gasteiger partial charge in [0.2, 0.25) is 0 Å². The minimum atomic E-state index is -1.50. The molecule has 1 unspecified atom stereocenters. The summed E-state index contributed by atoms with van der Waals surface area (Å²) in [5, 5.41) is 11.1. The summed E-state index contributed by atoms with van der Waals surface area (Å²) in [5.41, 5.74) is 1.47. The summed E-state index contributed by atoms with van der Waals surface area (Å²) in [5.74, 6) is 0. The van der Waals surface area contributed by atoms with Gasteiger partial charge in [0.25, 0.3) is 0 Å². The quantitative estimate of drug-likeness (QED) is 0.655. The molecule has 1 aliphatic carbocycles. The van der Waals surface area contributed by atoms with Crippen molar-refractivity contribution in [2.24, 2.45) is 0 Å². The summed E-state index contributed by atoms with van der Waals surface area (Å²) in [6.45, 7) is 7.67. The summed E-state index contributed by atoms with van der Waals surface area (Å²) in [6.07, 6.45) is 6.97. The van der Waals surface area contributed by atoms with Gasteiger partial charge in [0.1, 0.15) is 0 Å². The molecule has 0 amide bonds. The Morgan fingerprint density at radius 3 is 2.58 bits per heavy atom. The molecule has 1 N–H and O–H groups in total. The molecular weight excluding hydrogens is 248 g/mol. The molecule has 1 aromatic carbocycles. The molecule has 19 heavy (non-hydrogen) atoms. The first-order valence-corrected chi connectivity index (χ1v) is 10.3. The summed E-state index contributed by atoms with van der Waals surface area (Å²) in [4.78, 5) is 0. The lowest BCUT2D eigenvalue weighted by molar-refractivity contribution is 0.338. The van der Waals surface area contributed by atoms with Crippen molar-refractivity contribution < 1.29 is 5.11 Å². The maximum Gasteiger partial charge on any atom is 0.0867 e. The second-order valence-electron chi connectivity index (χ2n) is 6.63. The van der Waals surface area contributed by atoms with Crippen LogP contribution in [-0.2, 0) is 0 Å². The summed E-state index contributed by atoms with van der Waals surface area (Å²) >= 11 is 0. The fourth-order valence-corrected chi connectivity index (χ4v) is 6.62. The van der Waals surface area contributed by atoms with Crippen molar-refractivity contribution in [3.05, 3.63) is 42.0 Å². The topological polar surface area (TPSA) is 20.2 Å². The van der Waals surface area contributed by atoms with Gasteiger partial charge in [-0.15, -0.1) is 0 Å². The van der Waals surface area contributed by atoms with Gasteiger partial charge < -0.3 is 5.11 Å². The smallest absolute Gasteiger partial charge is 0.0867 e. The van der Waals surface area contributed by atoms with Crippen LogP contribution >= 0.6 is 0 Å². The Labute approximate surface area is 118 Å². The van der Waals surface area contributed by atoms with Gasteiger partial charge in [0.05, 0.1) is 14.7 Å². The van der Waals surface area contributed by atoms with Crippen molar-refractivity contribution in [3.8, 4) is 0 Å². The third-order valence-electron chi connectivity index (χ3n) is 5.23.